The van der Waals surface area contributed by atoms with Crippen molar-refractivity contribution in [2.45, 2.75) is 38.6 Å². The Hall–Kier alpha value is -2.60. The molecule has 0 spiro atoms. The molecule has 28 heavy (non-hydrogen) atoms. The molecular formula is C22H29N3O3. The van der Waals surface area contributed by atoms with Gasteiger partial charge >= 0.3 is 0 Å². The minimum absolute atomic E-state index is 0.192. The first-order valence-corrected chi connectivity index (χ1v) is 9.88. The Morgan fingerprint density at radius 1 is 1.18 bits per heavy atom. The fraction of sp³-hybridized carbons (Fsp3) is 0.455. The number of likely N-dealkylation sites (tertiary alicyclic amines) is 1. The molecule has 0 bridgehead atoms. The van der Waals surface area contributed by atoms with Gasteiger partial charge in [0, 0.05) is 42.3 Å². The number of carbonyl (C=O) groups is 1. The summed E-state index contributed by atoms with van der Waals surface area (Å²) >= 11 is 0. The fourth-order valence-corrected chi connectivity index (χ4v) is 3.68. The van der Waals surface area contributed by atoms with Crippen molar-refractivity contribution in [3.8, 4) is 11.5 Å². The molecule has 3 rings (SSSR count). The lowest BCUT2D eigenvalue weighted by Gasteiger charge is -2.24. The molecule has 1 unspecified atom stereocenters. The van der Waals surface area contributed by atoms with Gasteiger partial charge in [-0.2, -0.15) is 0 Å². The highest BCUT2D eigenvalue weighted by atomic mass is 16.5. The van der Waals surface area contributed by atoms with E-state index in [0.717, 1.165) is 25.1 Å². The van der Waals surface area contributed by atoms with Crippen LogP contribution in [0.1, 0.15) is 54.6 Å². The van der Waals surface area contributed by atoms with Crippen LogP contribution in [0.15, 0.2) is 36.7 Å². The topological polar surface area (TPSA) is 63.7 Å². The molecule has 1 N–H and O–H groups in total. The van der Waals surface area contributed by atoms with E-state index in [0.29, 0.717) is 28.8 Å². The molecule has 1 aliphatic heterocycles. The summed E-state index contributed by atoms with van der Waals surface area (Å²) in [6.07, 6.45) is 8.19. The Bertz CT molecular complexity index is 787. The first-order valence-electron chi connectivity index (χ1n) is 9.88. The normalized spacial score (nSPS) is 16.8. The molecule has 1 aromatic carbocycles. The average Bonchev–Trinajstić information content (AvgIpc) is 3.20. The molecule has 1 fully saturated rings. The van der Waals surface area contributed by atoms with Crippen LogP contribution in [-0.4, -0.2) is 43.1 Å². The van der Waals surface area contributed by atoms with Gasteiger partial charge in [-0.15, -0.1) is 0 Å². The molecule has 1 atom stereocenters. The van der Waals surface area contributed by atoms with Gasteiger partial charge in [0.25, 0.3) is 5.91 Å². The Kier molecular flexibility index (Phi) is 6.87. The number of amides is 1. The Balaban J connectivity index is 1.75. The van der Waals surface area contributed by atoms with Gasteiger partial charge in [0.2, 0.25) is 0 Å². The first kappa shape index (κ1) is 20.1. The monoisotopic (exact) mass is 383 g/mol. The van der Waals surface area contributed by atoms with Crippen LogP contribution in [0.2, 0.25) is 0 Å². The van der Waals surface area contributed by atoms with Gasteiger partial charge in [-0.3, -0.25) is 14.7 Å². The summed E-state index contributed by atoms with van der Waals surface area (Å²) in [5.41, 5.74) is 2.29. The van der Waals surface area contributed by atoms with Crippen LogP contribution >= 0.6 is 0 Å². The lowest BCUT2D eigenvalue weighted by molar-refractivity contribution is 0.102. The smallest absolute Gasteiger partial charge is 0.257 e. The van der Waals surface area contributed by atoms with Crippen molar-refractivity contribution in [3.63, 3.8) is 0 Å². The van der Waals surface area contributed by atoms with Gasteiger partial charge in [0.05, 0.1) is 19.8 Å². The van der Waals surface area contributed by atoms with Crippen molar-refractivity contribution in [3.05, 3.63) is 47.8 Å². The van der Waals surface area contributed by atoms with E-state index >= 15 is 0 Å². The zero-order valence-electron chi connectivity index (χ0n) is 16.9. The number of ether oxygens (including phenoxy) is 2. The number of carbonyl (C=O) groups excluding carboxylic acids is 1. The van der Waals surface area contributed by atoms with Crippen LogP contribution in [0.5, 0.6) is 11.5 Å². The predicted molar refractivity (Wildman–Crippen MR) is 110 cm³/mol. The summed E-state index contributed by atoms with van der Waals surface area (Å²) < 4.78 is 10.5. The molecule has 1 aromatic heterocycles. The quantitative estimate of drug-likeness (QED) is 0.737. The van der Waals surface area contributed by atoms with Crippen LogP contribution in [0.3, 0.4) is 0 Å². The van der Waals surface area contributed by atoms with Crippen molar-refractivity contribution in [2.24, 2.45) is 0 Å². The maximum Gasteiger partial charge on any atom is 0.257 e. The molecule has 2 heterocycles. The van der Waals surface area contributed by atoms with Crippen LogP contribution in [-0.2, 0) is 0 Å². The Labute approximate surface area is 166 Å². The number of benzene rings is 1. The van der Waals surface area contributed by atoms with Crippen molar-refractivity contribution in [1.29, 1.82) is 0 Å². The molecule has 0 aliphatic carbocycles. The number of rotatable bonds is 8. The number of aromatic nitrogens is 1. The second kappa shape index (κ2) is 9.55. The zero-order valence-corrected chi connectivity index (χ0v) is 16.9. The maximum atomic E-state index is 12.8. The van der Waals surface area contributed by atoms with Crippen molar-refractivity contribution >= 4 is 11.6 Å². The summed E-state index contributed by atoms with van der Waals surface area (Å²) in [4.78, 5) is 19.6. The minimum atomic E-state index is -0.192. The summed E-state index contributed by atoms with van der Waals surface area (Å²) in [5, 5.41) is 2.92. The number of hydrogen-bond acceptors (Lipinski definition) is 5. The van der Waals surface area contributed by atoms with E-state index in [1.807, 2.05) is 12.3 Å². The van der Waals surface area contributed by atoms with Gasteiger partial charge in [-0.1, -0.05) is 13.3 Å². The summed E-state index contributed by atoms with van der Waals surface area (Å²) in [6, 6.07) is 7.61. The molecule has 2 aromatic rings. The first-order chi connectivity index (χ1) is 13.6. The highest BCUT2D eigenvalue weighted by Gasteiger charge is 2.26. The standard InChI is InChI=1S/C22H29N3O3/c1-4-5-8-25-9-6-7-21(25)16-10-17(15-23-14-16)22(26)24-18-11-19(27-2)13-20(12-18)28-3/h10-15,21H,4-9H2,1-3H3,(H,24,26). The molecule has 1 aliphatic rings. The molecular weight excluding hydrogens is 354 g/mol. The number of hydrogen-bond donors (Lipinski definition) is 1. The van der Waals surface area contributed by atoms with Gasteiger partial charge in [-0.05, 0) is 44.0 Å². The lowest BCUT2D eigenvalue weighted by Crippen LogP contribution is -2.24. The van der Waals surface area contributed by atoms with Crippen molar-refractivity contribution in [1.82, 2.24) is 9.88 Å². The predicted octanol–water partition coefficient (Wildman–Crippen LogP) is 4.29. The van der Waals surface area contributed by atoms with Crippen molar-refractivity contribution < 1.29 is 14.3 Å². The van der Waals surface area contributed by atoms with Gasteiger partial charge in [-0.25, -0.2) is 0 Å². The summed E-state index contributed by atoms with van der Waals surface area (Å²) in [7, 11) is 3.17. The van der Waals surface area contributed by atoms with E-state index in [-0.39, 0.29) is 5.91 Å². The van der Waals surface area contributed by atoms with Crippen LogP contribution in [0.25, 0.3) is 0 Å². The third-order valence-corrected chi connectivity index (χ3v) is 5.18. The Morgan fingerprint density at radius 2 is 1.93 bits per heavy atom. The minimum Gasteiger partial charge on any atom is -0.497 e. The molecule has 6 heteroatoms. The van der Waals surface area contributed by atoms with Crippen LogP contribution < -0.4 is 14.8 Å². The van der Waals surface area contributed by atoms with E-state index in [2.05, 4.69) is 22.1 Å². The molecule has 1 saturated heterocycles. The summed E-state index contributed by atoms with van der Waals surface area (Å²) in [6.45, 7) is 4.43. The highest BCUT2D eigenvalue weighted by molar-refractivity contribution is 6.04. The highest BCUT2D eigenvalue weighted by Crippen LogP contribution is 2.32. The third-order valence-electron chi connectivity index (χ3n) is 5.18. The third kappa shape index (κ3) is 4.81. The number of nitrogens with zero attached hydrogens (tertiary/aromatic N) is 2. The largest absolute Gasteiger partial charge is 0.497 e. The van der Waals surface area contributed by atoms with Gasteiger partial charge in [0.15, 0.2) is 0 Å². The summed E-state index contributed by atoms with van der Waals surface area (Å²) in [5.74, 6) is 1.06. The lowest BCUT2D eigenvalue weighted by atomic mass is 10.0. The fourth-order valence-electron chi connectivity index (χ4n) is 3.68. The number of pyridine rings is 1. The van der Waals surface area contributed by atoms with Crippen molar-refractivity contribution in [2.75, 3.05) is 32.6 Å². The number of methoxy groups -OCH3 is 2. The molecule has 6 nitrogen and oxygen atoms in total. The average molecular weight is 383 g/mol. The van der Waals surface area contributed by atoms with E-state index in [1.54, 1.807) is 38.6 Å². The zero-order chi connectivity index (χ0) is 19.9. The van der Waals surface area contributed by atoms with Crippen LogP contribution in [0, 0.1) is 0 Å². The van der Waals surface area contributed by atoms with E-state index < -0.39 is 0 Å². The maximum absolute atomic E-state index is 12.8. The molecule has 150 valence electrons. The number of anilines is 1. The van der Waals surface area contributed by atoms with Gasteiger partial charge < -0.3 is 14.8 Å². The van der Waals surface area contributed by atoms with E-state index in [4.69, 9.17) is 9.47 Å². The van der Waals surface area contributed by atoms with Gasteiger partial charge in [0.1, 0.15) is 11.5 Å². The number of nitrogens with one attached hydrogen (secondary N) is 1. The van der Waals surface area contributed by atoms with E-state index in [1.165, 1.54) is 19.3 Å². The van der Waals surface area contributed by atoms with E-state index in [9.17, 15) is 4.79 Å². The molecule has 0 saturated carbocycles. The molecule has 0 radical (unpaired) electrons. The van der Waals surface area contributed by atoms with Crippen LogP contribution in [0.4, 0.5) is 5.69 Å². The Morgan fingerprint density at radius 3 is 2.61 bits per heavy atom. The second-order valence-corrected chi connectivity index (χ2v) is 7.11. The molecule has 1 amide bonds. The number of unbranched alkanes of at least 4 members (excludes halogenated alkanes) is 1. The SMILES string of the molecule is CCCCN1CCCC1c1cncc(C(=O)Nc2cc(OC)cc(OC)c2)c1. The second-order valence-electron chi connectivity index (χ2n) is 7.11.